The number of aliphatic hydroxyl groups excluding tert-OH is 1. The lowest BCUT2D eigenvalue weighted by Gasteiger charge is -2.12. The molecule has 0 aliphatic carbocycles. The molecule has 0 bridgehead atoms. The van der Waals surface area contributed by atoms with Crippen LogP contribution in [0.2, 0.25) is 0 Å². The molecule has 2 heteroatoms. The molecule has 0 amide bonds. The molecule has 0 saturated carbocycles. The maximum absolute atomic E-state index is 9.30. The van der Waals surface area contributed by atoms with Crippen molar-refractivity contribution in [3.05, 3.63) is 72.4 Å². The Morgan fingerprint density at radius 2 is 1.67 bits per heavy atom. The van der Waals surface area contributed by atoms with Crippen molar-refractivity contribution in [2.75, 3.05) is 6.61 Å². The van der Waals surface area contributed by atoms with Gasteiger partial charge in [-0.15, -0.1) is 0 Å². The molecule has 2 aromatic carbocycles. The van der Waals surface area contributed by atoms with Crippen molar-refractivity contribution in [3.63, 3.8) is 0 Å². The minimum Gasteiger partial charge on any atom is -0.395 e. The van der Waals surface area contributed by atoms with E-state index in [2.05, 4.69) is 72.3 Å². The lowest BCUT2D eigenvalue weighted by molar-refractivity contribution is 0.277. The van der Waals surface area contributed by atoms with Crippen molar-refractivity contribution in [1.82, 2.24) is 4.57 Å². The first-order valence-corrected chi connectivity index (χ1v) is 7.22. The first-order valence-electron chi connectivity index (χ1n) is 7.22. The van der Waals surface area contributed by atoms with Crippen LogP contribution in [0.4, 0.5) is 0 Å². The van der Waals surface area contributed by atoms with Crippen LogP contribution in [0.15, 0.2) is 66.9 Å². The van der Waals surface area contributed by atoms with E-state index in [0.29, 0.717) is 6.54 Å². The Morgan fingerprint density at radius 3 is 2.38 bits per heavy atom. The highest BCUT2D eigenvalue weighted by atomic mass is 16.3. The van der Waals surface area contributed by atoms with Crippen LogP contribution < -0.4 is 0 Å². The summed E-state index contributed by atoms with van der Waals surface area (Å²) in [6.45, 7) is 2.85. The van der Waals surface area contributed by atoms with E-state index >= 15 is 0 Å². The number of benzene rings is 2. The standard InChI is InChI=1S/C19H19NO/c1-15-6-5-9-17(14-15)19-18(10-11-20(19)12-13-21)16-7-3-2-4-8-16/h2-11,14,21H,12-13H2,1H3. The smallest absolute Gasteiger partial charge is 0.0610 e. The summed E-state index contributed by atoms with van der Waals surface area (Å²) >= 11 is 0. The Kier molecular flexibility index (Phi) is 3.89. The zero-order valence-electron chi connectivity index (χ0n) is 12.2. The molecule has 0 spiro atoms. The molecule has 1 heterocycles. The highest BCUT2D eigenvalue weighted by molar-refractivity contribution is 5.82. The fourth-order valence-corrected chi connectivity index (χ4v) is 2.73. The molecule has 3 aromatic rings. The second-order valence-corrected chi connectivity index (χ2v) is 5.23. The van der Waals surface area contributed by atoms with E-state index in [9.17, 15) is 5.11 Å². The number of hydrogen-bond acceptors (Lipinski definition) is 1. The first kappa shape index (κ1) is 13.7. The van der Waals surface area contributed by atoms with Gasteiger partial charge in [0.2, 0.25) is 0 Å². The van der Waals surface area contributed by atoms with E-state index in [0.717, 1.165) is 0 Å². The van der Waals surface area contributed by atoms with Crippen molar-refractivity contribution >= 4 is 0 Å². The van der Waals surface area contributed by atoms with Crippen LogP contribution >= 0.6 is 0 Å². The van der Waals surface area contributed by atoms with Gasteiger partial charge < -0.3 is 9.67 Å². The van der Waals surface area contributed by atoms with E-state index in [1.807, 2.05) is 6.07 Å². The Hall–Kier alpha value is -2.32. The molecule has 0 aliphatic heterocycles. The third kappa shape index (κ3) is 2.76. The molecule has 0 unspecified atom stereocenters. The predicted molar refractivity (Wildman–Crippen MR) is 87.1 cm³/mol. The van der Waals surface area contributed by atoms with Gasteiger partial charge in [0.1, 0.15) is 0 Å². The molecule has 21 heavy (non-hydrogen) atoms. The molecular formula is C19H19NO. The second kappa shape index (κ2) is 5.98. The summed E-state index contributed by atoms with van der Waals surface area (Å²) in [5, 5.41) is 9.30. The quantitative estimate of drug-likeness (QED) is 0.762. The van der Waals surface area contributed by atoms with Crippen molar-refractivity contribution in [3.8, 4) is 22.4 Å². The third-order valence-corrected chi connectivity index (χ3v) is 3.68. The van der Waals surface area contributed by atoms with Crippen molar-refractivity contribution in [1.29, 1.82) is 0 Å². The third-order valence-electron chi connectivity index (χ3n) is 3.68. The van der Waals surface area contributed by atoms with Gasteiger partial charge in [-0.05, 0) is 30.2 Å². The molecule has 0 aliphatic rings. The molecule has 3 rings (SSSR count). The molecule has 1 N–H and O–H groups in total. The number of hydrogen-bond donors (Lipinski definition) is 1. The molecule has 0 radical (unpaired) electrons. The van der Waals surface area contributed by atoms with Gasteiger partial charge in [0.25, 0.3) is 0 Å². The first-order chi connectivity index (χ1) is 10.3. The SMILES string of the molecule is Cc1cccc(-c2c(-c3ccccc3)ccn2CCO)c1. The minimum atomic E-state index is 0.141. The van der Waals surface area contributed by atoms with Crippen LogP contribution in [0.1, 0.15) is 5.56 Å². The Morgan fingerprint density at radius 1 is 0.905 bits per heavy atom. The van der Waals surface area contributed by atoms with Gasteiger partial charge in [-0.3, -0.25) is 0 Å². The summed E-state index contributed by atoms with van der Waals surface area (Å²) in [6.07, 6.45) is 2.05. The molecular weight excluding hydrogens is 258 g/mol. The normalized spacial score (nSPS) is 10.8. The van der Waals surface area contributed by atoms with E-state index in [-0.39, 0.29) is 6.61 Å². The van der Waals surface area contributed by atoms with Crippen molar-refractivity contribution in [2.24, 2.45) is 0 Å². The topological polar surface area (TPSA) is 25.2 Å². The highest BCUT2D eigenvalue weighted by Gasteiger charge is 2.12. The lowest BCUT2D eigenvalue weighted by Crippen LogP contribution is -2.03. The lowest BCUT2D eigenvalue weighted by atomic mass is 10.0. The van der Waals surface area contributed by atoms with Gasteiger partial charge in [-0.1, -0.05) is 54.1 Å². The van der Waals surface area contributed by atoms with Gasteiger partial charge in [0.05, 0.1) is 12.3 Å². The summed E-state index contributed by atoms with van der Waals surface area (Å²) in [5.74, 6) is 0. The van der Waals surface area contributed by atoms with Gasteiger partial charge >= 0.3 is 0 Å². The number of rotatable bonds is 4. The van der Waals surface area contributed by atoms with Crippen LogP contribution in [0, 0.1) is 6.92 Å². The van der Waals surface area contributed by atoms with E-state index in [1.54, 1.807) is 0 Å². The molecule has 0 fully saturated rings. The Labute approximate surface area is 125 Å². The molecule has 1 aromatic heterocycles. The summed E-state index contributed by atoms with van der Waals surface area (Å²) in [7, 11) is 0. The monoisotopic (exact) mass is 277 g/mol. The largest absolute Gasteiger partial charge is 0.395 e. The van der Waals surface area contributed by atoms with Gasteiger partial charge in [0.15, 0.2) is 0 Å². The van der Waals surface area contributed by atoms with Crippen LogP contribution in [0.5, 0.6) is 0 Å². The number of nitrogens with zero attached hydrogens (tertiary/aromatic N) is 1. The van der Waals surface area contributed by atoms with E-state index in [1.165, 1.54) is 27.9 Å². The van der Waals surface area contributed by atoms with Crippen molar-refractivity contribution in [2.45, 2.75) is 13.5 Å². The maximum atomic E-state index is 9.30. The van der Waals surface area contributed by atoms with E-state index in [4.69, 9.17) is 0 Å². The summed E-state index contributed by atoms with van der Waals surface area (Å²) < 4.78 is 2.12. The fraction of sp³-hybridized carbons (Fsp3) is 0.158. The van der Waals surface area contributed by atoms with Crippen LogP contribution in [0.3, 0.4) is 0 Å². The maximum Gasteiger partial charge on any atom is 0.0610 e. The number of aliphatic hydroxyl groups is 1. The summed E-state index contributed by atoms with van der Waals surface area (Å²) in [5.41, 5.74) is 6.00. The average molecular weight is 277 g/mol. The second-order valence-electron chi connectivity index (χ2n) is 5.23. The summed E-state index contributed by atoms with van der Waals surface area (Å²) in [6, 6.07) is 21.0. The Bertz CT molecular complexity index is 728. The minimum absolute atomic E-state index is 0.141. The highest BCUT2D eigenvalue weighted by Crippen LogP contribution is 2.33. The van der Waals surface area contributed by atoms with E-state index < -0.39 is 0 Å². The van der Waals surface area contributed by atoms with Crippen LogP contribution in [0.25, 0.3) is 22.4 Å². The average Bonchev–Trinajstić information content (AvgIpc) is 2.92. The van der Waals surface area contributed by atoms with Gasteiger partial charge in [0, 0.05) is 18.3 Å². The van der Waals surface area contributed by atoms with Gasteiger partial charge in [-0.2, -0.15) is 0 Å². The van der Waals surface area contributed by atoms with Crippen LogP contribution in [-0.4, -0.2) is 16.3 Å². The van der Waals surface area contributed by atoms with Gasteiger partial charge in [-0.25, -0.2) is 0 Å². The van der Waals surface area contributed by atoms with Crippen molar-refractivity contribution < 1.29 is 5.11 Å². The Balaban J connectivity index is 2.18. The zero-order chi connectivity index (χ0) is 14.7. The molecule has 106 valence electrons. The summed E-state index contributed by atoms with van der Waals surface area (Å²) in [4.78, 5) is 0. The predicted octanol–water partition coefficient (Wildman–Crippen LogP) is 4.12. The molecule has 0 saturated heterocycles. The van der Waals surface area contributed by atoms with Crippen LogP contribution in [-0.2, 0) is 6.54 Å². The number of aromatic nitrogens is 1. The molecule has 2 nitrogen and oxygen atoms in total. The fourth-order valence-electron chi connectivity index (χ4n) is 2.73. The molecule has 0 atom stereocenters. The zero-order valence-corrected chi connectivity index (χ0v) is 12.2. The number of aryl methyl sites for hydroxylation is 1.